The zero-order chi connectivity index (χ0) is 14.8. The van der Waals surface area contributed by atoms with Crippen LogP contribution in [0.5, 0.6) is 5.75 Å². The third-order valence-corrected chi connectivity index (χ3v) is 3.07. The number of carbonyl (C=O) groups is 1. The zero-order valence-electron chi connectivity index (χ0n) is 11.6. The molecule has 1 rings (SSSR count). The Kier molecular flexibility index (Phi) is 7.52. The Balaban J connectivity index is 2.29. The summed E-state index contributed by atoms with van der Waals surface area (Å²) in [7, 11) is 0. The molecule has 1 aromatic carbocycles. The van der Waals surface area contributed by atoms with Crippen molar-refractivity contribution in [2.24, 2.45) is 0 Å². The fourth-order valence-corrected chi connectivity index (χ4v) is 1.90. The van der Waals surface area contributed by atoms with Crippen LogP contribution in [0.1, 0.15) is 38.2 Å². The van der Waals surface area contributed by atoms with Crippen LogP contribution in [0.25, 0.3) is 0 Å². The Morgan fingerprint density at radius 1 is 1.40 bits per heavy atom. The van der Waals surface area contributed by atoms with Crippen LogP contribution >= 0.6 is 11.6 Å². The summed E-state index contributed by atoms with van der Waals surface area (Å²) >= 11 is 5.95. The van der Waals surface area contributed by atoms with Crippen LogP contribution in [0, 0.1) is 11.3 Å². The van der Waals surface area contributed by atoms with Gasteiger partial charge in [-0.15, -0.1) is 0 Å². The molecular weight excluding hydrogens is 276 g/mol. The van der Waals surface area contributed by atoms with Gasteiger partial charge < -0.3 is 10.1 Å². The minimum atomic E-state index is -0.165. The van der Waals surface area contributed by atoms with Crippen molar-refractivity contribution in [3.05, 3.63) is 28.8 Å². The SMILES string of the molecule is CCCCCCNC(=O)COc1ccc(C#N)cc1Cl. The molecule has 0 aliphatic carbocycles. The highest BCUT2D eigenvalue weighted by Gasteiger charge is 2.06. The van der Waals surface area contributed by atoms with Gasteiger partial charge in [0.2, 0.25) is 0 Å². The Morgan fingerprint density at radius 3 is 2.85 bits per heavy atom. The minimum Gasteiger partial charge on any atom is -0.482 e. The van der Waals surface area contributed by atoms with E-state index in [1.54, 1.807) is 12.1 Å². The first-order chi connectivity index (χ1) is 9.67. The van der Waals surface area contributed by atoms with Gasteiger partial charge in [-0.2, -0.15) is 5.26 Å². The molecule has 1 aromatic rings. The summed E-state index contributed by atoms with van der Waals surface area (Å²) < 4.78 is 5.32. The van der Waals surface area contributed by atoms with Crippen molar-refractivity contribution in [1.82, 2.24) is 5.32 Å². The second kappa shape index (κ2) is 9.22. The summed E-state index contributed by atoms with van der Waals surface area (Å²) in [6, 6.07) is 6.69. The number of nitrogens with one attached hydrogen (secondary N) is 1. The van der Waals surface area contributed by atoms with Crippen molar-refractivity contribution in [1.29, 1.82) is 5.26 Å². The molecule has 0 saturated carbocycles. The van der Waals surface area contributed by atoms with Gasteiger partial charge in [-0.05, 0) is 24.6 Å². The molecule has 0 atom stereocenters. The highest BCUT2D eigenvalue weighted by atomic mass is 35.5. The average Bonchev–Trinajstić information content (AvgIpc) is 2.45. The predicted octanol–water partition coefficient (Wildman–Crippen LogP) is 3.29. The smallest absolute Gasteiger partial charge is 0.257 e. The molecule has 0 saturated heterocycles. The molecule has 0 fully saturated rings. The lowest BCUT2D eigenvalue weighted by Crippen LogP contribution is -2.29. The number of nitriles is 1. The van der Waals surface area contributed by atoms with Crippen molar-refractivity contribution in [3.63, 3.8) is 0 Å². The van der Waals surface area contributed by atoms with E-state index in [9.17, 15) is 4.79 Å². The lowest BCUT2D eigenvalue weighted by Gasteiger charge is -2.08. The van der Waals surface area contributed by atoms with Gasteiger partial charge in [0.05, 0.1) is 16.7 Å². The second-order valence-corrected chi connectivity index (χ2v) is 4.86. The molecule has 0 radical (unpaired) electrons. The number of nitrogens with zero attached hydrogens (tertiary/aromatic N) is 1. The molecule has 20 heavy (non-hydrogen) atoms. The fraction of sp³-hybridized carbons (Fsp3) is 0.467. The van der Waals surface area contributed by atoms with Gasteiger partial charge >= 0.3 is 0 Å². The second-order valence-electron chi connectivity index (χ2n) is 4.46. The van der Waals surface area contributed by atoms with Gasteiger partial charge in [0.15, 0.2) is 6.61 Å². The number of hydrogen-bond acceptors (Lipinski definition) is 3. The van der Waals surface area contributed by atoms with Gasteiger partial charge in [0.25, 0.3) is 5.91 Å². The van der Waals surface area contributed by atoms with E-state index in [2.05, 4.69) is 12.2 Å². The van der Waals surface area contributed by atoms with Crippen LogP contribution < -0.4 is 10.1 Å². The maximum atomic E-state index is 11.6. The molecule has 0 unspecified atom stereocenters. The molecule has 0 spiro atoms. The molecule has 5 heteroatoms. The van der Waals surface area contributed by atoms with Crippen molar-refractivity contribution in [3.8, 4) is 11.8 Å². The fourth-order valence-electron chi connectivity index (χ4n) is 1.66. The van der Waals surface area contributed by atoms with Crippen LogP contribution in [-0.2, 0) is 4.79 Å². The van der Waals surface area contributed by atoms with Crippen molar-refractivity contribution < 1.29 is 9.53 Å². The van der Waals surface area contributed by atoms with Gasteiger partial charge in [-0.25, -0.2) is 0 Å². The third-order valence-electron chi connectivity index (χ3n) is 2.77. The number of halogens is 1. The van der Waals surface area contributed by atoms with Crippen LogP contribution in [-0.4, -0.2) is 19.1 Å². The highest BCUT2D eigenvalue weighted by Crippen LogP contribution is 2.24. The number of ether oxygens (including phenoxy) is 1. The molecule has 0 bridgehead atoms. The molecular formula is C15H19ClN2O2. The number of amides is 1. The molecule has 1 amide bonds. The first kappa shape index (κ1) is 16.3. The van der Waals surface area contributed by atoms with Crippen molar-refractivity contribution >= 4 is 17.5 Å². The van der Waals surface area contributed by atoms with E-state index in [0.29, 0.717) is 22.9 Å². The Bertz CT molecular complexity index is 483. The summed E-state index contributed by atoms with van der Waals surface area (Å²) in [4.78, 5) is 11.6. The van der Waals surface area contributed by atoms with E-state index >= 15 is 0 Å². The lowest BCUT2D eigenvalue weighted by atomic mass is 10.2. The molecule has 108 valence electrons. The van der Waals surface area contributed by atoms with Crippen LogP contribution in [0.4, 0.5) is 0 Å². The van der Waals surface area contributed by atoms with Crippen LogP contribution in [0.3, 0.4) is 0 Å². The summed E-state index contributed by atoms with van der Waals surface area (Å²) in [5.41, 5.74) is 0.461. The van der Waals surface area contributed by atoms with E-state index < -0.39 is 0 Å². The number of carbonyl (C=O) groups excluding carboxylic acids is 1. The molecule has 4 nitrogen and oxygen atoms in total. The standard InChI is InChI=1S/C15H19ClN2O2/c1-2-3-4-5-8-18-15(19)11-20-14-7-6-12(10-17)9-13(14)16/h6-7,9H,2-5,8,11H2,1H3,(H,18,19). The molecule has 0 aliphatic heterocycles. The number of rotatable bonds is 8. The van der Waals surface area contributed by atoms with Crippen LogP contribution in [0.15, 0.2) is 18.2 Å². The number of benzene rings is 1. The summed E-state index contributed by atoms with van der Waals surface area (Å²) in [6.07, 6.45) is 4.47. The van der Waals surface area contributed by atoms with Crippen molar-refractivity contribution in [2.45, 2.75) is 32.6 Å². The minimum absolute atomic E-state index is 0.0700. The van der Waals surface area contributed by atoms with E-state index in [1.165, 1.54) is 18.9 Å². The monoisotopic (exact) mass is 294 g/mol. The molecule has 0 aliphatic rings. The third kappa shape index (κ3) is 5.94. The maximum Gasteiger partial charge on any atom is 0.257 e. The number of hydrogen-bond donors (Lipinski definition) is 1. The molecule has 1 N–H and O–H groups in total. The molecule has 0 heterocycles. The average molecular weight is 295 g/mol. The van der Waals surface area contributed by atoms with Gasteiger partial charge in [-0.1, -0.05) is 37.8 Å². The summed E-state index contributed by atoms with van der Waals surface area (Å²) in [5, 5.41) is 11.8. The van der Waals surface area contributed by atoms with Gasteiger partial charge in [-0.3, -0.25) is 4.79 Å². The summed E-state index contributed by atoms with van der Waals surface area (Å²) in [5.74, 6) is 0.244. The summed E-state index contributed by atoms with van der Waals surface area (Å²) in [6.45, 7) is 2.75. The molecule has 0 aromatic heterocycles. The Morgan fingerprint density at radius 2 is 2.20 bits per heavy atom. The largest absolute Gasteiger partial charge is 0.482 e. The van der Waals surface area contributed by atoms with Gasteiger partial charge in [0.1, 0.15) is 5.75 Å². The van der Waals surface area contributed by atoms with Crippen LogP contribution in [0.2, 0.25) is 5.02 Å². The lowest BCUT2D eigenvalue weighted by molar-refractivity contribution is -0.123. The normalized spacial score (nSPS) is 9.85. The van der Waals surface area contributed by atoms with Gasteiger partial charge in [0, 0.05) is 6.54 Å². The number of unbranched alkanes of at least 4 members (excludes halogenated alkanes) is 3. The van der Waals surface area contributed by atoms with E-state index in [1.807, 2.05) is 6.07 Å². The first-order valence-electron chi connectivity index (χ1n) is 6.76. The quantitative estimate of drug-likeness (QED) is 0.748. The topological polar surface area (TPSA) is 62.1 Å². The highest BCUT2D eigenvalue weighted by molar-refractivity contribution is 6.32. The Hall–Kier alpha value is -1.73. The van der Waals surface area contributed by atoms with E-state index in [4.69, 9.17) is 21.6 Å². The maximum absolute atomic E-state index is 11.6. The van der Waals surface area contributed by atoms with Crippen molar-refractivity contribution in [2.75, 3.05) is 13.2 Å². The zero-order valence-corrected chi connectivity index (χ0v) is 12.4. The first-order valence-corrected chi connectivity index (χ1v) is 7.14. The van der Waals surface area contributed by atoms with E-state index in [-0.39, 0.29) is 12.5 Å². The Labute approximate surface area is 124 Å². The van der Waals surface area contributed by atoms with E-state index in [0.717, 1.165) is 12.8 Å². The predicted molar refractivity (Wildman–Crippen MR) is 78.8 cm³/mol.